The number of carbonyl (C=O) groups is 1. The molecule has 0 saturated carbocycles. The quantitative estimate of drug-likeness (QED) is 0.605. The van der Waals surface area contributed by atoms with E-state index >= 15 is 0 Å². The summed E-state index contributed by atoms with van der Waals surface area (Å²) in [7, 11) is 0. The van der Waals surface area contributed by atoms with Crippen molar-refractivity contribution in [3.63, 3.8) is 0 Å². The molecular formula is C12H15ClN4OS3. The van der Waals surface area contributed by atoms with Gasteiger partial charge in [0.25, 0.3) is 5.91 Å². The predicted octanol–water partition coefficient (Wildman–Crippen LogP) is 3.26. The third kappa shape index (κ3) is 4.38. The molecule has 0 radical (unpaired) electrons. The van der Waals surface area contributed by atoms with E-state index < -0.39 is 0 Å². The molecule has 0 saturated heterocycles. The fraction of sp³-hybridized carbons (Fsp3) is 0.417. The normalized spacial score (nSPS) is 10.8. The number of thioether (sulfide) groups is 2. The van der Waals surface area contributed by atoms with E-state index in [2.05, 4.69) is 14.8 Å². The average Bonchev–Trinajstić information content (AvgIpc) is 3.08. The highest BCUT2D eigenvalue weighted by Gasteiger charge is 2.19. The van der Waals surface area contributed by atoms with Gasteiger partial charge in [-0.3, -0.25) is 9.48 Å². The number of hydrogen-bond donors (Lipinski definition) is 1. The van der Waals surface area contributed by atoms with Crippen LogP contribution in [0.4, 0.5) is 0 Å². The molecule has 0 fully saturated rings. The van der Waals surface area contributed by atoms with E-state index in [0.29, 0.717) is 17.1 Å². The summed E-state index contributed by atoms with van der Waals surface area (Å²) < 4.78 is 7.02. The Bertz CT molecular complexity index is 592. The van der Waals surface area contributed by atoms with Crippen molar-refractivity contribution in [2.45, 2.75) is 22.2 Å². The first-order chi connectivity index (χ1) is 10.2. The van der Waals surface area contributed by atoms with Crippen molar-refractivity contribution in [2.24, 2.45) is 0 Å². The minimum absolute atomic E-state index is 0.0593. The Morgan fingerprint density at radius 2 is 2.29 bits per heavy atom. The molecule has 0 unspecified atom stereocenters. The second-order valence-corrected chi connectivity index (χ2v) is 7.17. The van der Waals surface area contributed by atoms with E-state index in [1.165, 1.54) is 23.3 Å². The standard InChI is InChI=1S/C12H15ClN4OS3/c1-19-11-9(12(20-2)21-16-11)10(18)14-4-3-5-17-7-8(13)6-15-17/h6-7H,3-5H2,1-2H3,(H,14,18). The van der Waals surface area contributed by atoms with Gasteiger partial charge < -0.3 is 5.32 Å². The Labute approximate surface area is 141 Å². The number of nitrogens with one attached hydrogen (secondary N) is 1. The SMILES string of the molecule is CSc1nsc(SC)c1C(=O)NCCCn1cc(Cl)cn1. The van der Waals surface area contributed by atoms with Crippen LogP contribution in [0.25, 0.3) is 0 Å². The predicted molar refractivity (Wildman–Crippen MR) is 89.9 cm³/mol. The van der Waals surface area contributed by atoms with Crippen molar-refractivity contribution in [1.82, 2.24) is 19.5 Å². The lowest BCUT2D eigenvalue weighted by atomic mass is 10.3. The number of halogens is 1. The number of hydrogen-bond acceptors (Lipinski definition) is 6. The van der Waals surface area contributed by atoms with Crippen LogP contribution in [-0.2, 0) is 6.54 Å². The van der Waals surface area contributed by atoms with Crippen molar-refractivity contribution < 1.29 is 4.79 Å². The summed E-state index contributed by atoms with van der Waals surface area (Å²) in [6.45, 7) is 1.31. The zero-order valence-electron chi connectivity index (χ0n) is 11.6. The molecule has 2 aromatic heterocycles. The molecule has 1 amide bonds. The third-order valence-electron chi connectivity index (χ3n) is 2.69. The minimum Gasteiger partial charge on any atom is -0.352 e. The van der Waals surface area contributed by atoms with Crippen LogP contribution >= 0.6 is 46.7 Å². The molecule has 1 N–H and O–H groups in total. The Kier molecular flexibility index (Phi) is 6.40. The van der Waals surface area contributed by atoms with Crippen molar-refractivity contribution in [3.05, 3.63) is 23.0 Å². The van der Waals surface area contributed by atoms with Gasteiger partial charge in [0.05, 0.1) is 21.0 Å². The average molecular weight is 363 g/mol. The van der Waals surface area contributed by atoms with Gasteiger partial charge in [0, 0.05) is 19.3 Å². The number of nitrogens with zero attached hydrogens (tertiary/aromatic N) is 3. The molecule has 0 atom stereocenters. The second kappa shape index (κ2) is 8.07. The number of amides is 1. The first kappa shape index (κ1) is 16.7. The monoisotopic (exact) mass is 362 g/mol. The van der Waals surface area contributed by atoms with Gasteiger partial charge >= 0.3 is 0 Å². The zero-order valence-corrected chi connectivity index (χ0v) is 14.8. The fourth-order valence-corrected chi connectivity index (χ4v) is 4.16. The van der Waals surface area contributed by atoms with Crippen LogP contribution in [0.15, 0.2) is 21.6 Å². The molecule has 0 bridgehead atoms. The fourth-order valence-electron chi connectivity index (χ4n) is 1.72. The molecule has 2 heterocycles. The van der Waals surface area contributed by atoms with Crippen LogP contribution in [-0.4, -0.2) is 39.1 Å². The summed E-state index contributed by atoms with van der Waals surface area (Å²) in [6.07, 6.45) is 8.05. The van der Waals surface area contributed by atoms with Crippen molar-refractivity contribution in [2.75, 3.05) is 19.1 Å². The van der Waals surface area contributed by atoms with Crippen LogP contribution < -0.4 is 5.32 Å². The summed E-state index contributed by atoms with van der Waals surface area (Å²) in [5.74, 6) is -0.0593. The molecule has 0 spiro atoms. The molecule has 0 aliphatic rings. The molecule has 2 aromatic rings. The smallest absolute Gasteiger partial charge is 0.256 e. The van der Waals surface area contributed by atoms with Crippen LogP contribution in [0.3, 0.4) is 0 Å². The van der Waals surface area contributed by atoms with Crippen LogP contribution in [0.2, 0.25) is 5.02 Å². The first-order valence-corrected chi connectivity index (χ1v) is 9.79. The van der Waals surface area contributed by atoms with Gasteiger partial charge in [0.1, 0.15) is 5.03 Å². The molecule has 0 aliphatic carbocycles. The number of rotatable bonds is 7. The zero-order chi connectivity index (χ0) is 15.2. The van der Waals surface area contributed by atoms with Gasteiger partial charge in [-0.1, -0.05) is 11.6 Å². The maximum Gasteiger partial charge on any atom is 0.256 e. The number of carbonyl (C=O) groups excluding carboxylic acids is 1. The Hall–Kier alpha value is -0.700. The lowest BCUT2D eigenvalue weighted by Gasteiger charge is -2.06. The van der Waals surface area contributed by atoms with E-state index in [0.717, 1.165) is 22.2 Å². The highest BCUT2D eigenvalue weighted by molar-refractivity contribution is 8.01. The molecular weight excluding hydrogens is 348 g/mol. The summed E-state index contributed by atoms with van der Waals surface area (Å²) in [4.78, 5) is 12.3. The molecule has 2 rings (SSSR count). The van der Waals surface area contributed by atoms with Crippen LogP contribution in [0.1, 0.15) is 16.8 Å². The minimum atomic E-state index is -0.0593. The second-order valence-electron chi connectivity index (χ2n) is 4.09. The number of aryl methyl sites for hydroxylation is 1. The summed E-state index contributed by atoms with van der Waals surface area (Å²) in [5.41, 5.74) is 0.696. The highest BCUT2D eigenvalue weighted by Crippen LogP contribution is 2.32. The Morgan fingerprint density at radius 1 is 1.48 bits per heavy atom. The number of aromatic nitrogens is 3. The van der Waals surface area contributed by atoms with E-state index in [1.54, 1.807) is 28.8 Å². The van der Waals surface area contributed by atoms with Gasteiger partial charge in [-0.05, 0) is 30.5 Å². The highest BCUT2D eigenvalue weighted by atomic mass is 35.5. The molecule has 114 valence electrons. The van der Waals surface area contributed by atoms with Gasteiger partial charge in [-0.2, -0.15) is 9.47 Å². The van der Waals surface area contributed by atoms with E-state index in [9.17, 15) is 4.79 Å². The summed E-state index contributed by atoms with van der Waals surface area (Å²) in [5, 5.41) is 8.45. The Morgan fingerprint density at radius 3 is 2.90 bits per heavy atom. The Balaban J connectivity index is 1.85. The topological polar surface area (TPSA) is 59.8 Å². The third-order valence-corrected chi connectivity index (χ3v) is 5.62. The molecule has 0 aliphatic heterocycles. The van der Waals surface area contributed by atoms with Gasteiger partial charge in [0.15, 0.2) is 0 Å². The molecule has 9 heteroatoms. The molecule has 0 aromatic carbocycles. The molecule has 5 nitrogen and oxygen atoms in total. The van der Waals surface area contributed by atoms with Crippen molar-refractivity contribution in [3.8, 4) is 0 Å². The summed E-state index contributed by atoms with van der Waals surface area (Å²) >= 11 is 10.2. The van der Waals surface area contributed by atoms with Crippen LogP contribution in [0, 0.1) is 0 Å². The van der Waals surface area contributed by atoms with Crippen LogP contribution in [0.5, 0.6) is 0 Å². The van der Waals surface area contributed by atoms with Gasteiger partial charge in [-0.15, -0.1) is 23.5 Å². The van der Waals surface area contributed by atoms with E-state index in [1.807, 2.05) is 12.5 Å². The van der Waals surface area contributed by atoms with E-state index in [-0.39, 0.29) is 5.91 Å². The van der Waals surface area contributed by atoms with E-state index in [4.69, 9.17) is 11.6 Å². The van der Waals surface area contributed by atoms with Gasteiger partial charge in [-0.25, -0.2) is 0 Å². The molecule has 21 heavy (non-hydrogen) atoms. The lowest BCUT2D eigenvalue weighted by molar-refractivity contribution is 0.0947. The first-order valence-electron chi connectivity index (χ1n) is 6.19. The summed E-state index contributed by atoms with van der Waals surface area (Å²) in [6, 6.07) is 0. The largest absolute Gasteiger partial charge is 0.352 e. The van der Waals surface area contributed by atoms with Gasteiger partial charge in [0.2, 0.25) is 0 Å². The van der Waals surface area contributed by atoms with Crippen molar-refractivity contribution >= 4 is 52.6 Å². The lowest BCUT2D eigenvalue weighted by Crippen LogP contribution is -2.25. The maximum atomic E-state index is 12.3. The van der Waals surface area contributed by atoms with Crippen molar-refractivity contribution in [1.29, 1.82) is 0 Å². The maximum absolute atomic E-state index is 12.3.